The molecule has 0 bridgehead atoms. The molecule has 0 aromatic carbocycles. The van der Waals surface area contributed by atoms with Gasteiger partial charge in [0.1, 0.15) is 6.61 Å². The molecule has 0 fully saturated rings. The van der Waals surface area contributed by atoms with Gasteiger partial charge in [-0.1, -0.05) is 216 Å². The first-order valence-corrected chi connectivity index (χ1v) is 23.3. The number of rotatable bonds is 42. The zero-order chi connectivity index (χ0) is 40.0. The summed E-state index contributed by atoms with van der Waals surface area (Å²) in [6.07, 6.45) is 60.2. The molecule has 0 aliphatic carbocycles. The van der Waals surface area contributed by atoms with Crippen molar-refractivity contribution < 1.29 is 24.2 Å². The maximum absolute atomic E-state index is 12.2. The van der Waals surface area contributed by atoms with Crippen LogP contribution in [0.25, 0.3) is 0 Å². The molecular weight excluding hydrogens is 681 g/mol. The van der Waals surface area contributed by atoms with Crippen molar-refractivity contribution in [2.24, 2.45) is 0 Å². The van der Waals surface area contributed by atoms with Gasteiger partial charge in [-0.3, -0.25) is 9.59 Å². The van der Waals surface area contributed by atoms with E-state index in [1.807, 2.05) is 0 Å². The van der Waals surface area contributed by atoms with Crippen LogP contribution in [0.15, 0.2) is 60.8 Å². The van der Waals surface area contributed by atoms with Crippen molar-refractivity contribution in [1.82, 2.24) is 0 Å². The fraction of sp³-hybridized carbons (Fsp3) is 0.760. The molecule has 0 amide bonds. The summed E-state index contributed by atoms with van der Waals surface area (Å²) in [5.41, 5.74) is 0. The second-order valence-corrected chi connectivity index (χ2v) is 15.5. The van der Waals surface area contributed by atoms with E-state index in [2.05, 4.69) is 74.6 Å². The zero-order valence-electron chi connectivity index (χ0n) is 36.2. The number of hydrogen-bond acceptors (Lipinski definition) is 5. The van der Waals surface area contributed by atoms with E-state index in [4.69, 9.17) is 9.47 Å². The summed E-state index contributed by atoms with van der Waals surface area (Å²) >= 11 is 0. The molecule has 0 unspecified atom stereocenters. The topological polar surface area (TPSA) is 72.8 Å². The van der Waals surface area contributed by atoms with Crippen LogP contribution >= 0.6 is 0 Å². The van der Waals surface area contributed by atoms with E-state index in [-0.39, 0.29) is 25.2 Å². The van der Waals surface area contributed by atoms with Gasteiger partial charge in [-0.15, -0.1) is 0 Å². The van der Waals surface area contributed by atoms with Gasteiger partial charge in [-0.2, -0.15) is 0 Å². The third-order valence-electron chi connectivity index (χ3n) is 10.1. The first-order chi connectivity index (χ1) is 27.1. The van der Waals surface area contributed by atoms with Crippen molar-refractivity contribution in [2.75, 3.05) is 13.2 Å². The van der Waals surface area contributed by atoms with Crippen LogP contribution in [0, 0.1) is 0 Å². The summed E-state index contributed by atoms with van der Waals surface area (Å²) in [6, 6.07) is 0. The average Bonchev–Trinajstić information content (AvgIpc) is 3.19. The molecule has 0 rings (SSSR count). The number of hydrogen-bond donors (Lipinski definition) is 1. The summed E-state index contributed by atoms with van der Waals surface area (Å²) < 4.78 is 10.6. The molecule has 0 aromatic rings. The molecule has 0 aromatic heterocycles. The molecule has 0 saturated carbocycles. The Bertz CT molecular complexity index is 961. The van der Waals surface area contributed by atoms with Crippen LogP contribution in [0.2, 0.25) is 0 Å². The molecule has 0 spiro atoms. The molecule has 0 saturated heterocycles. The minimum atomic E-state index is -0.790. The Labute approximate surface area is 341 Å². The number of aliphatic hydroxyl groups is 1. The van der Waals surface area contributed by atoms with Crippen LogP contribution in [0.5, 0.6) is 0 Å². The number of carbonyl (C=O) groups excluding carboxylic acids is 2. The summed E-state index contributed by atoms with van der Waals surface area (Å²) in [4.78, 5) is 24.4. The van der Waals surface area contributed by atoms with Gasteiger partial charge in [0.2, 0.25) is 0 Å². The van der Waals surface area contributed by atoms with E-state index in [0.29, 0.717) is 12.8 Å². The van der Waals surface area contributed by atoms with Gasteiger partial charge in [0.15, 0.2) is 6.10 Å². The number of unbranched alkanes of at least 4 members (excludes halogenated alkanes) is 24. The fourth-order valence-corrected chi connectivity index (χ4v) is 6.58. The van der Waals surface area contributed by atoms with Crippen LogP contribution in [0.4, 0.5) is 0 Å². The van der Waals surface area contributed by atoms with E-state index in [1.165, 1.54) is 122 Å². The molecule has 318 valence electrons. The van der Waals surface area contributed by atoms with Gasteiger partial charge in [-0.05, 0) is 57.8 Å². The van der Waals surface area contributed by atoms with Crippen molar-refractivity contribution in [2.45, 2.75) is 232 Å². The normalized spacial score (nSPS) is 12.7. The van der Waals surface area contributed by atoms with Crippen LogP contribution in [-0.4, -0.2) is 36.4 Å². The molecule has 0 heterocycles. The molecule has 5 nitrogen and oxygen atoms in total. The van der Waals surface area contributed by atoms with E-state index in [9.17, 15) is 14.7 Å². The fourth-order valence-electron chi connectivity index (χ4n) is 6.58. The highest BCUT2D eigenvalue weighted by Crippen LogP contribution is 2.16. The Balaban J connectivity index is 3.55. The monoisotopic (exact) mass is 769 g/mol. The maximum atomic E-state index is 12.2. The van der Waals surface area contributed by atoms with Crippen molar-refractivity contribution in [3.8, 4) is 0 Å². The third kappa shape index (κ3) is 44.2. The van der Waals surface area contributed by atoms with Gasteiger partial charge in [0.05, 0.1) is 6.61 Å². The lowest BCUT2D eigenvalue weighted by Crippen LogP contribution is -2.28. The van der Waals surface area contributed by atoms with Gasteiger partial charge in [0.25, 0.3) is 0 Å². The highest BCUT2D eigenvalue weighted by molar-refractivity contribution is 5.70. The van der Waals surface area contributed by atoms with Crippen molar-refractivity contribution in [3.05, 3.63) is 60.8 Å². The van der Waals surface area contributed by atoms with Crippen LogP contribution < -0.4 is 0 Å². The highest BCUT2D eigenvalue weighted by atomic mass is 16.6. The summed E-state index contributed by atoms with van der Waals surface area (Å²) in [7, 11) is 0. The molecule has 0 radical (unpaired) electrons. The maximum Gasteiger partial charge on any atom is 0.306 e. The second-order valence-electron chi connectivity index (χ2n) is 15.5. The number of allylic oxidation sites excluding steroid dienone is 10. The summed E-state index contributed by atoms with van der Waals surface area (Å²) in [6.45, 7) is 4.02. The van der Waals surface area contributed by atoms with Gasteiger partial charge >= 0.3 is 11.9 Å². The van der Waals surface area contributed by atoms with Crippen molar-refractivity contribution in [3.63, 3.8) is 0 Å². The van der Waals surface area contributed by atoms with Crippen molar-refractivity contribution >= 4 is 11.9 Å². The van der Waals surface area contributed by atoms with E-state index >= 15 is 0 Å². The third-order valence-corrected chi connectivity index (χ3v) is 10.1. The average molecular weight is 769 g/mol. The van der Waals surface area contributed by atoms with E-state index in [0.717, 1.165) is 77.0 Å². The van der Waals surface area contributed by atoms with Crippen LogP contribution in [0.3, 0.4) is 0 Å². The Morgan fingerprint density at radius 2 is 0.782 bits per heavy atom. The molecule has 55 heavy (non-hydrogen) atoms. The lowest BCUT2D eigenvalue weighted by atomic mass is 10.0. The Morgan fingerprint density at radius 1 is 0.436 bits per heavy atom. The summed E-state index contributed by atoms with van der Waals surface area (Å²) in [5.74, 6) is -0.623. The SMILES string of the molecule is CC/C=C/C/C=C/C/C=C/C/C=C/C/C=C/CCCCCC(=O)O[C@@H](CO)COC(=O)CCCCCCCCCCCCCCCCCCCCCCCC. The lowest BCUT2D eigenvalue weighted by Gasteiger charge is -2.15. The predicted octanol–water partition coefficient (Wildman–Crippen LogP) is 15.1. The zero-order valence-corrected chi connectivity index (χ0v) is 36.2. The number of aliphatic hydroxyl groups excluding tert-OH is 1. The lowest BCUT2D eigenvalue weighted by molar-refractivity contribution is -0.161. The predicted molar refractivity (Wildman–Crippen MR) is 237 cm³/mol. The first-order valence-electron chi connectivity index (χ1n) is 23.3. The largest absolute Gasteiger partial charge is 0.462 e. The standard InChI is InChI=1S/C50H88O5/c1-3-5-7-9-11-13-15-17-19-21-23-24-25-27-28-30-32-34-36-38-40-42-44-49(52)54-47-48(46-51)55-50(53)45-43-41-39-37-35-33-31-29-26-22-20-18-16-14-12-10-8-6-4-2/h6,8,12,14,18,20,26,29,33,35,48,51H,3-5,7,9-11,13,15-17,19,21-25,27-28,30-32,34,36-47H2,1-2H3/b8-6+,14-12+,20-18+,29-26+,35-33+/t48-/m0/s1. The van der Waals surface area contributed by atoms with Crippen LogP contribution in [0.1, 0.15) is 226 Å². The minimum Gasteiger partial charge on any atom is -0.462 e. The Morgan fingerprint density at radius 3 is 1.18 bits per heavy atom. The Kier molecular flexibility index (Phi) is 44.0. The highest BCUT2D eigenvalue weighted by Gasteiger charge is 2.16. The molecular formula is C50H88O5. The Hall–Kier alpha value is -2.40. The number of esters is 2. The van der Waals surface area contributed by atoms with Crippen LogP contribution in [-0.2, 0) is 19.1 Å². The first kappa shape index (κ1) is 52.6. The summed E-state index contributed by atoms with van der Waals surface area (Å²) in [5, 5.41) is 9.59. The number of ether oxygens (including phenoxy) is 2. The molecule has 1 N–H and O–H groups in total. The van der Waals surface area contributed by atoms with E-state index < -0.39 is 6.10 Å². The van der Waals surface area contributed by atoms with Gasteiger partial charge in [-0.25, -0.2) is 0 Å². The molecule has 0 aliphatic heterocycles. The van der Waals surface area contributed by atoms with E-state index in [1.54, 1.807) is 0 Å². The second kappa shape index (κ2) is 46.0. The smallest absolute Gasteiger partial charge is 0.306 e. The van der Waals surface area contributed by atoms with Gasteiger partial charge < -0.3 is 14.6 Å². The van der Waals surface area contributed by atoms with Gasteiger partial charge in [0, 0.05) is 12.8 Å². The molecule has 0 aliphatic rings. The minimum absolute atomic E-state index is 0.0789. The quantitative estimate of drug-likeness (QED) is 0.0380. The molecule has 5 heteroatoms. The molecule has 1 atom stereocenters. The number of carbonyl (C=O) groups is 2. The van der Waals surface area contributed by atoms with Crippen molar-refractivity contribution in [1.29, 1.82) is 0 Å².